The van der Waals surface area contributed by atoms with Crippen LogP contribution in [-0.4, -0.2) is 22.6 Å². The summed E-state index contributed by atoms with van der Waals surface area (Å²) in [6, 6.07) is 12.8. The van der Waals surface area contributed by atoms with E-state index in [1.807, 2.05) is 11.4 Å². The van der Waals surface area contributed by atoms with E-state index in [2.05, 4.69) is 31.5 Å². The number of hydrogen-bond donors (Lipinski definition) is 2. The summed E-state index contributed by atoms with van der Waals surface area (Å²) in [5.41, 5.74) is 1.87. The first kappa shape index (κ1) is 20.5. The Morgan fingerprint density at radius 1 is 1.11 bits per heavy atom. The molecule has 0 saturated heterocycles. The minimum absolute atomic E-state index is 0.172. The maximum absolute atomic E-state index is 12.9. The molecule has 3 aromatic rings. The summed E-state index contributed by atoms with van der Waals surface area (Å²) in [6.07, 6.45) is 0. The van der Waals surface area contributed by atoms with Crippen molar-refractivity contribution in [2.75, 3.05) is 16.4 Å². The molecule has 3 rings (SSSR count). The SMILES string of the molecule is O=C(CSCc1csc(NC(=O)c2ccccc2Br)n1)Nc1ccc(F)cc1. The van der Waals surface area contributed by atoms with Gasteiger partial charge in [-0.2, -0.15) is 0 Å². The van der Waals surface area contributed by atoms with Gasteiger partial charge in [-0.1, -0.05) is 12.1 Å². The number of thioether (sulfide) groups is 1. The lowest BCUT2D eigenvalue weighted by Gasteiger charge is -2.04. The number of hydrogen-bond acceptors (Lipinski definition) is 5. The molecule has 0 bridgehead atoms. The van der Waals surface area contributed by atoms with Crippen molar-refractivity contribution in [3.63, 3.8) is 0 Å². The van der Waals surface area contributed by atoms with Crippen LogP contribution >= 0.6 is 39.0 Å². The minimum atomic E-state index is -0.349. The maximum Gasteiger partial charge on any atom is 0.258 e. The van der Waals surface area contributed by atoms with Gasteiger partial charge in [0.2, 0.25) is 5.91 Å². The van der Waals surface area contributed by atoms with Crippen LogP contribution in [0.2, 0.25) is 0 Å². The third kappa shape index (κ3) is 5.88. The quantitative estimate of drug-likeness (QED) is 0.490. The number of carbonyl (C=O) groups excluding carboxylic acids is 2. The summed E-state index contributed by atoms with van der Waals surface area (Å²) < 4.78 is 13.6. The van der Waals surface area contributed by atoms with Crippen LogP contribution in [0.4, 0.5) is 15.2 Å². The molecule has 1 aromatic heterocycles. The first-order chi connectivity index (χ1) is 13.5. The molecule has 0 aliphatic rings. The molecule has 1 heterocycles. The molecule has 2 N–H and O–H groups in total. The molecule has 5 nitrogen and oxygen atoms in total. The third-order valence-corrected chi connectivity index (χ3v) is 5.97. The maximum atomic E-state index is 12.9. The van der Waals surface area contributed by atoms with Gasteiger partial charge >= 0.3 is 0 Å². The number of nitrogens with one attached hydrogen (secondary N) is 2. The van der Waals surface area contributed by atoms with E-state index in [4.69, 9.17) is 0 Å². The number of rotatable bonds is 7. The van der Waals surface area contributed by atoms with Gasteiger partial charge in [0.1, 0.15) is 5.82 Å². The Kier molecular flexibility index (Phi) is 7.18. The second-order valence-electron chi connectivity index (χ2n) is 5.63. The van der Waals surface area contributed by atoms with Crippen molar-refractivity contribution in [1.29, 1.82) is 0 Å². The molecule has 0 spiro atoms. The van der Waals surface area contributed by atoms with E-state index in [-0.39, 0.29) is 23.4 Å². The molecule has 0 unspecified atom stereocenters. The van der Waals surface area contributed by atoms with Crippen molar-refractivity contribution in [2.45, 2.75) is 5.75 Å². The lowest BCUT2D eigenvalue weighted by Crippen LogP contribution is -2.14. The van der Waals surface area contributed by atoms with Crippen molar-refractivity contribution in [3.8, 4) is 0 Å². The predicted molar refractivity (Wildman–Crippen MR) is 115 cm³/mol. The van der Waals surface area contributed by atoms with Gasteiger partial charge < -0.3 is 5.32 Å². The molecule has 28 heavy (non-hydrogen) atoms. The summed E-state index contributed by atoms with van der Waals surface area (Å²) >= 11 is 6.09. The van der Waals surface area contributed by atoms with Crippen LogP contribution < -0.4 is 10.6 Å². The van der Waals surface area contributed by atoms with Gasteiger partial charge in [-0.05, 0) is 52.3 Å². The molecule has 2 amide bonds. The molecular weight excluding hydrogens is 465 g/mol. The molecule has 9 heteroatoms. The highest BCUT2D eigenvalue weighted by atomic mass is 79.9. The minimum Gasteiger partial charge on any atom is -0.325 e. The summed E-state index contributed by atoms with van der Waals surface area (Å²) in [7, 11) is 0. The van der Waals surface area contributed by atoms with Gasteiger partial charge in [0, 0.05) is 21.3 Å². The lowest BCUT2D eigenvalue weighted by atomic mass is 10.2. The van der Waals surface area contributed by atoms with Crippen molar-refractivity contribution in [3.05, 3.63) is 75.5 Å². The average Bonchev–Trinajstić information content (AvgIpc) is 3.11. The summed E-state index contributed by atoms with van der Waals surface area (Å²) in [6.45, 7) is 0. The first-order valence-electron chi connectivity index (χ1n) is 8.15. The molecule has 144 valence electrons. The highest BCUT2D eigenvalue weighted by Gasteiger charge is 2.12. The molecule has 0 saturated carbocycles. The van der Waals surface area contributed by atoms with Crippen LogP contribution in [0.3, 0.4) is 0 Å². The zero-order chi connectivity index (χ0) is 19.9. The second-order valence-corrected chi connectivity index (χ2v) is 8.32. The van der Waals surface area contributed by atoms with Gasteiger partial charge in [0.25, 0.3) is 5.91 Å². The Morgan fingerprint density at radius 2 is 1.86 bits per heavy atom. The second kappa shape index (κ2) is 9.81. The standard InChI is InChI=1S/C19H15BrFN3O2S2/c20-16-4-2-1-3-15(16)18(26)24-19-23-14(10-28-19)9-27-11-17(25)22-13-7-5-12(21)6-8-13/h1-8,10H,9,11H2,(H,22,25)(H,23,24,26). The Labute approximate surface area is 177 Å². The Hall–Kier alpha value is -2.23. The van der Waals surface area contributed by atoms with Gasteiger partial charge in [0.15, 0.2) is 5.13 Å². The normalized spacial score (nSPS) is 10.5. The van der Waals surface area contributed by atoms with Crippen molar-refractivity contribution < 1.29 is 14.0 Å². The van der Waals surface area contributed by atoms with Crippen LogP contribution in [0.5, 0.6) is 0 Å². The number of thiazole rings is 1. The van der Waals surface area contributed by atoms with Crippen LogP contribution in [0.1, 0.15) is 16.1 Å². The van der Waals surface area contributed by atoms with E-state index >= 15 is 0 Å². The van der Waals surface area contributed by atoms with Crippen molar-refractivity contribution in [2.24, 2.45) is 0 Å². The Morgan fingerprint density at radius 3 is 2.61 bits per heavy atom. The zero-order valence-electron chi connectivity index (χ0n) is 14.4. The Balaban J connectivity index is 1.45. The topological polar surface area (TPSA) is 71.1 Å². The molecule has 0 aliphatic carbocycles. The Bertz CT molecular complexity index is 979. The molecular formula is C19H15BrFN3O2S2. The molecule has 0 radical (unpaired) electrons. The first-order valence-corrected chi connectivity index (χ1v) is 11.0. The number of benzene rings is 2. The monoisotopic (exact) mass is 479 g/mol. The van der Waals surface area contributed by atoms with Gasteiger partial charge in [0.05, 0.1) is 17.0 Å². The molecule has 0 atom stereocenters. The summed E-state index contributed by atoms with van der Waals surface area (Å²) in [4.78, 5) is 28.6. The van der Waals surface area contributed by atoms with Crippen LogP contribution in [0.15, 0.2) is 58.4 Å². The van der Waals surface area contributed by atoms with Gasteiger partial charge in [-0.3, -0.25) is 14.9 Å². The van der Waals surface area contributed by atoms with Crippen molar-refractivity contribution >= 4 is 61.7 Å². The summed E-state index contributed by atoms with van der Waals surface area (Å²) in [5.74, 6) is 0.0265. The third-order valence-electron chi connectivity index (χ3n) is 3.50. The largest absolute Gasteiger partial charge is 0.325 e. The average molecular weight is 480 g/mol. The van der Waals surface area contributed by atoms with E-state index < -0.39 is 0 Å². The highest BCUT2D eigenvalue weighted by Crippen LogP contribution is 2.22. The van der Waals surface area contributed by atoms with E-state index in [1.165, 1.54) is 47.4 Å². The molecule has 0 fully saturated rings. The molecule has 2 aromatic carbocycles. The number of aromatic nitrogens is 1. The number of amides is 2. The fraction of sp³-hybridized carbons (Fsp3) is 0.105. The summed E-state index contributed by atoms with van der Waals surface area (Å²) in [5, 5.41) is 7.83. The van der Waals surface area contributed by atoms with Gasteiger partial charge in [-0.25, -0.2) is 9.37 Å². The fourth-order valence-electron chi connectivity index (χ4n) is 2.22. The number of nitrogens with zero attached hydrogens (tertiary/aromatic N) is 1. The van der Waals surface area contributed by atoms with Crippen molar-refractivity contribution in [1.82, 2.24) is 4.98 Å². The van der Waals surface area contributed by atoms with Crippen LogP contribution in [-0.2, 0) is 10.5 Å². The lowest BCUT2D eigenvalue weighted by molar-refractivity contribution is -0.113. The van der Waals surface area contributed by atoms with Crippen LogP contribution in [0, 0.1) is 5.82 Å². The zero-order valence-corrected chi connectivity index (χ0v) is 17.7. The van der Waals surface area contributed by atoms with E-state index in [9.17, 15) is 14.0 Å². The van der Waals surface area contributed by atoms with E-state index in [1.54, 1.807) is 18.2 Å². The predicted octanol–water partition coefficient (Wildman–Crippen LogP) is 5.17. The molecule has 0 aliphatic heterocycles. The van der Waals surface area contributed by atoms with E-state index in [0.29, 0.717) is 26.6 Å². The number of carbonyl (C=O) groups is 2. The van der Waals surface area contributed by atoms with E-state index in [0.717, 1.165) is 5.69 Å². The fourth-order valence-corrected chi connectivity index (χ4v) is 4.21. The number of halogens is 2. The van der Waals surface area contributed by atoms with Crippen LogP contribution in [0.25, 0.3) is 0 Å². The highest BCUT2D eigenvalue weighted by molar-refractivity contribution is 9.10. The number of anilines is 2. The smallest absolute Gasteiger partial charge is 0.258 e. The van der Waals surface area contributed by atoms with Gasteiger partial charge in [-0.15, -0.1) is 23.1 Å².